The Morgan fingerprint density at radius 3 is 2.53 bits per heavy atom. The van der Waals surface area contributed by atoms with Crippen molar-refractivity contribution in [3.05, 3.63) is 24.3 Å². The highest BCUT2D eigenvalue weighted by atomic mass is 16.5. The standard InChI is InChI=1S/C13H18N2O2/c1-17-9-8-14-11-4-6-12(7-5-11)15-13(16)10-2-3-10/h4-7,10,14H,2-3,8-9H2,1H3,(H,15,16). The second-order valence-electron chi connectivity index (χ2n) is 4.26. The third-order valence-electron chi connectivity index (χ3n) is 2.74. The van der Waals surface area contributed by atoms with Crippen LogP contribution in [-0.2, 0) is 9.53 Å². The normalized spacial score (nSPS) is 14.4. The van der Waals surface area contributed by atoms with Gasteiger partial charge in [0.1, 0.15) is 0 Å². The first-order valence-electron chi connectivity index (χ1n) is 5.93. The molecular weight excluding hydrogens is 216 g/mol. The molecule has 0 saturated heterocycles. The first-order valence-corrected chi connectivity index (χ1v) is 5.93. The number of ether oxygens (including phenoxy) is 1. The lowest BCUT2D eigenvalue weighted by Gasteiger charge is -2.07. The van der Waals surface area contributed by atoms with E-state index in [4.69, 9.17) is 4.74 Å². The van der Waals surface area contributed by atoms with E-state index in [-0.39, 0.29) is 11.8 Å². The summed E-state index contributed by atoms with van der Waals surface area (Å²) in [5.74, 6) is 0.389. The lowest BCUT2D eigenvalue weighted by Crippen LogP contribution is -2.13. The van der Waals surface area contributed by atoms with Gasteiger partial charge in [0.25, 0.3) is 0 Å². The number of hydrogen-bond donors (Lipinski definition) is 2. The van der Waals surface area contributed by atoms with Crippen molar-refractivity contribution in [3.8, 4) is 0 Å². The van der Waals surface area contributed by atoms with Crippen LogP contribution in [0.4, 0.5) is 11.4 Å². The fourth-order valence-corrected chi connectivity index (χ4v) is 1.56. The molecule has 92 valence electrons. The maximum absolute atomic E-state index is 11.5. The number of nitrogens with one attached hydrogen (secondary N) is 2. The van der Waals surface area contributed by atoms with Gasteiger partial charge in [-0.3, -0.25) is 4.79 Å². The molecule has 0 aromatic heterocycles. The number of carbonyl (C=O) groups is 1. The average Bonchev–Trinajstić information content (AvgIpc) is 3.16. The van der Waals surface area contributed by atoms with Crippen LogP contribution in [0.5, 0.6) is 0 Å². The molecule has 1 aromatic carbocycles. The maximum atomic E-state index is 11.5. The van der Waals surface area contributed by atoms with Gasteiger partial charge in [0, 0.05) is 30.9 Å². The van der Waals surface area contributed by atoms with E-state index >= 15 is 0 Å². The van der Waals surface area contributed by atoms with Crippen molar-refractivity contribution in [2.24, 2.45) is 5.92 Å². The molecule has 4 heteroatoms. The predicted molar refractivity (Wildman–Crippen MR) is 68.2 cm³/mol. The first kappa shape index (κ1) is 11.9. The van der Waals surface area contributed by atoms with Gasteiger partial charge in [-0.1, -0.05) is 0 Å². The van der Waals surface area contributed by atoms with Crippen LogP contribution in [0.3, 0.4) is 0 Å². The molecule has 0 atom stereocenters. The molecule has 0 spiro atoms. The molecule has 1 amide bonds. The Kier molecular flexibility index (Phi) is 3.98. The van der Waals surface area contributed by atoms with Crippen LogP contribution in [-0.4, -0.2) is 26.2 Å². The largest absolute Gasteiger partial charge is 0.383 e. The number of anilines is 2. The summed E-state index contributed by atoms with van der Waals surface area (Å²) in [6.45, 7) is 1.46. The van der Waals surface area contributed by atoms with Crippen LogP contribution in [0, 0.1) is 5.92 Å². The van der Waals surface area contributed by atoms with Crippen LogP contribution < -0.4 is 10.6 Å². The van der Waals surface area contributed by atoms with E-state index in [1.807, 2.05) is 24.3 Å². The quantitative estimate of drug-likeness (QED) is 0.741. The minimum absolute atomic E-state index is 0.144. The summed E-state index contributed by atoms with van der Waals surface area (Å²) in [6.07, 6.45) is 2.06. The van der Waals surface area contributed by atoms with E-state index in [2.05, 4.69) is 10.6 Å². The number of carbonyl (C=O) groups excluding carboxylic acids is 1. The van der Waals surface area contributed by atoms with Crippen molar-refractivity contribution in [2.45, 2.75) is 12.8 Å². The Morgan fingerprint density at radius 2 is 1.94 bits per heavy atom. The Labute approximate surface area is 101 Å². The van der Waals surface area contributed by atoms with E-state index in [9.17, 15) is 4.79 Å². The van der Waals surface area contributed by atoms with Crippen LogP contribution in [0.1, 0.15) is 12.8 Å². The van der Waals surface area contributed by atoms with E-state index in [0.29, 0.717) is 6.61 Å². The summed E-state index contributed by atoms with van der Waals surface area (Å²) < 4.78 is 4.95. The molecule has 0 bridgehead atoms. The molecule has 0 aliphatic heterocycles. The van der Waals surface area contributed by atoms with Gasteiger partial charge < -0.3 is 15.4 Å². The summed E-state index contributed by atoms with van der Waals surface area (Å²) in [5, 5.41) is 6.13. The Balaban J connectivity index is 1.82. The number of amides is 1. The van der Waals surface area contributed by atoms with Gasteiger partial charge in [0.2, 0.25) is 5.91 Å². The monoisotopic (exact) mass is 234 g/mol. The van der Waals surface area contributed by atoms with Crippen LogP contribution >= 0.6 is 0 Å². The van der Waals surface area contributed by atoms with Crippen LogP contribution in [0.2, 0.25) is 0 Å². The Bertz CT molecular complexity index is 372. The fraction of sp³-hybridized carbons (Fsp3) is 0.462. The van der Waals surface area contributed by atoms with E-state index in [0.717, 1.165) is 30.8 Å². The second-order valence-corrected chi connectivity index (χ2v) is 4.26. The highest BCUT2D eigenvalue weighted by Crippen LogP contribution is 2.30. The SMILES string of the molecule is COCCNc1ccc(NC(=O)C2CC2)cc1. The lowest BCUT2D eigenvalue weighted by molar-refractivity contribution is -0.117. The number of hydrogen-bond acceptors (Lipinski definition) is 3. The molecule has 1 aliphatic carbocycles. The minimum Gasteiger partial charge on any atom is -0.383 e. The van der Waals surface area contributed by atoms with E-state index in [1.165, 1.54) is 0 Å². The zero-order chi connectivity index (χ0) is 12.1. The van der Waals surface area contributed by atoms with Crippen molar-refractivity contribution in [1.29, 1.82) is 0 Å². The molecule has 0 unspecified atom stereocenters. The van der Waals surface area contributed by atoms with Gasteiger partial charge in [-0.15, -0.1) is 0 Å². The van der Waals surface area contributed by atoms with Gasteiger partial charge in [0.05, 0.1) is 6.61 Å². The predicted octanol–water partition coefficient (Wildman–Crippen LogP) is 2.09. The highest BCUT2D eigenvalue weighted by molar-refractivity contribution is 5.94. The molecule has 17 heavy (non-hydrogen) atoms. The van der Waals surface area contributed by atoms with Crippen molar-refractivity contribution in [2.75, 3.05) is 30.9 Å². The maximum Gasteiger partial charge on any atom is 0.227 e. The van der Waals surface area contributed by atoms with Crippen molar-refractivity contribution in [3.63, 3.8) is 0 Å². The van der Waals surface area contributed by atoms with Crippen molar-refractivity contribution < 1.29 is 9.53 Å². The molecule has 1 aromatic rings. The summed E-state index contributed by atoms with van der Waals surface area (Å²) in [4.78, 5) is 11.5. The summed E-state index contributed by atoms with van der Waals surface area (Å²) >= 11 is 0. The van der Waals surface area contributed by atoms with Gasteiger partial charge >= 0.3 is 0 Å². The summed E-state index contributed by atoms with van der Waals surface area (Å²) in [6, 6.07) is 7.74. The van der Waals surface area contributed by atoms with Gasteiger partial charge in [0.15, 0.2) is 0 Å². The van der Waals surface area contributed by atoms with Crippen molar-refractivity contribution in [1.82, 2.24) is 0 Å². The lowest BCUT2D eigenvalue weighted by atomic mass is 10.2. The van der Waals surface area contributed by atoms with Gasteiger partial charge in [-0.25, -0.2) is 0 Å². The average molecular weight is 234 g/mol. The third kappa shape index (κ3) is 3.75. The zero-order valence-corrected chi connectivity index (χ0v) is 10.0. The number of benzene rings is 1. The molecule has 4 nitrogen and oxygen atoms in total. The molecular formula is C13H18N2O2. The van der Waals surface area contributed by atoms with Crippen molar-refractivity contribution >= 4 is 17.3 Å². The molecule has 1 fully saturated rings. The van der Waals surface area contributed by atoms with E-state index < -0.39 is 0 Å². The molecule has 1 saturated carbocycles. The number of rotatable bonds is 6. The van der Waals surface area contributed by atoms with Gasteiger partial charge in [-0.2, -0.15) is 0 Å². The smallest absolute Gasteiger partial charge is 0.227 e. The topological polar surface area (TPSA) is 50.4 Å². The molecule has 1 aliphatic rings. The van der Waals surface area contributed by atoms with E-state index in [1.54, 1.807) is 7.11 Å². The Hall–Kier alpha value is -1.55. The van der Waals surface area contributed by atoms with Gasteiger partial charge in [-0.05, 0) is 37.1 Å². The summed E-state index contributed by atoms with van der Waals surface area (Å²) in [7, 11) is 1.68. The Morgan fingerprint density at radius 1 is 1.29 bits per heavy atom. The zero-order valence-electron chi connectivity index (χ0n) is 10.0. The number of methoxy groups -OCH3 is 1. The molecule has 0 radical (unpaired) electrons. The summed E-state index contributed by atoms with van der Waals surface area (Å²) in [5.41, 5.74) is 1.89. The minimum atomic E-state index is 0.144. The fourth-order valence-electron chi connectivity index (χ4n) is 1.56. The third-order valence-corrected chi connectivity index (χ3v) is 2.74. The first-order chi connectivity index (χ1) is 8.29. The van der Waals surface area contributed by atoms with Crippen LogP contribution in [0.15, 0.2) is 24.3 Å². The highest BCUT2D eigenvalue weighted by Gasteiger charge is 2.29. The molecule has 2 rings (SSSR count). The molecule has 0 heterocycles. The second kappa shape index (κ2) is 5.68. The molecule has 2 N–H and O–H groups in total. The van der Waals surface area contributed by atoms with Crippen LogP contribution in [0.25, 0.3) is 0 Å².